The molecule has 1 atom stereocenters. The Balaban J connectivity index is 2.04. The molecule has 3 rings (SSSR count). The van der Waals surface area contributed by atoms with Crippen LogP contribution in [-0.2, 0) is 14.0 Å². The van der Waals surface area contributed by atoms with Gasteiger partial charge in [0.05, 0.1) is 22.8 Å². The number of carbonyl (C=O) groups excluding carboxylic acids is 2. The molecule has 0 saturated carbocycles. The molecule has 1 aliphatic rings. The van der Waals surface area contributed by atoms with Gasteiger partial charge in [-0.25, -0.2) is 5.01 Å². The molecule has 1 heterocycles. The molecule has 1 saturated heterocycles. The van der Waals surface area contributed by atoms with E-state index in [2.05, 4.69) is 33.1 Å². The molecule has 0 radical (unpaired) electrons. The zero-order valence-corrected chi connectivity index (χ0v) is 30.6. The Morgan fingerprint density at radius 2 is 1.50 bits per heavy atom. The first-order valence-electron chi connectivity index (χ1n) is 16.6. The van der Waals surface area contributed by atoms with Crippen molar-refractivity contribution in [1.82, 2.24) is 10.4 Å². The van der Waals surface area contributed by atoms with Gasteiger partial charge in [0.25, 0.3) is 11.8 Å². The van der Waals surface area contributed by atoms with Gasteiger partial charge in [-0.15, -0.1) is 0 Å². The second kappa shape index (κ2) is 13.8. The fourth-order valence-electron chi connectivity index (χ4n) is 5.56. The normalized spacial score (nSPS) is 16.8. The van der Waals surface area contributed by atoms with Gasteiger partial charge >= 0.3 is 14.2 Å². The summed E-state index contributed by atoms with van der Waals surface area (Å²) in [5.41, 5.74) is 4.43. The first-order chi connectivity index (χ1) is 21.1. The second-order valence-electron chi connectivity index (χ2n) is 15.6. The molecular formula is C36H56B2N2O6. The summed E-state index contributed by atoms with van der Waals surface area (Å²) in [7, 11) is -1.85. The van der Waals surface area contributed by atoms with Crippen molar-refractivity contribution < 1.29 is 28.6 Å². The van der Waals surface area contributed by atoms with E-state index >= 15 is 0 Å². The maximum atomic E-state index is 14.6. The van der Waals surface area contributed by atoms with E-state index in [1.807, 2.05) is 74.4 Å². The molecule has 2 aromatic rings. The van der Waals surface area contributed by atoms with Crippen LogP contribution >= 0.6 is 0 Å². The summed E-state index contributed by atoms with van der Waals surface area (Å²) in [4.78, 5) is 28.6. The van der Waals surface area contributed by atoms with Crippen molar-refractivity contribution in [3.05, 3.63) is 58.7 Å². The standard InChI is InChI=1S/C36H56B2N2O6/c1-15-18-30(33(6,7)8)40(32(42)27-20-17-22-29(25(27)5)38-45-35(11,12)36(13,14)46-38)39-31(41)26-19-16-21-28(24(26)4)37(43)44-34(9,10)23(2)3/h16-17,19-23,30,43H,15,18H2,1-14H3,(H,39,41). The molecule has 1 unspecified atom stereocenters. The Bertz CT molecular complexity index is 1400. The predicted molar refractivity (Wildman–Crippen MR) is 187 cm³/mol. The van der Waals surface area contributed by atoms with Gasteiger partial charge in [-0.3, -0.25) is 15.0 Å². The van der Waals surface area contributed by atoms with Gasteiger partial charge in [0.2, 0.25) is 0 Å². The van der Waals surface area contributed by atoms with Crippen LogP contribution in [0.15, 0.2) is 36.4 Å². The van der Waals surface area contributed by atoms with E-state index in [0.29, 0.717) is 28.6 Å². The molecule has 8 nitrogen and oxygen atoms in total. The monoisotopic (exact) mass is 634 g/mol. The van der Waals surface area contributed by atoms with Crippen molar-refractivity contribution in [3.63, 3.8) is 0 Å². The largest absolute Gasteiger partial charge is 0.495 e. The highest BCUT2D eigenvalue weighted by atomic mass is 16.7. The lowest BCUT2D eigenvalue weighted by Crippen LogP contribution is -2.56. The van der Waals surface area contributed by atoms with Crippen LogP contribution < -0.4 is 16.4 Å². The van der Waals surface area contributed by atoms with Crippen molar-refractivity contribution in [2.75, 3.05) is 0 Å². The van der Waals surface area contributed by atoms with E-state index in [1.54, 1.807) is 31.2 Å². The molecule has 0 aromatic heterocycles. The number of hydrogen-bond acceptors (Lipinski definition) is 6. The molecule has 1 aliphatic heterocycles. The van der Waals surface area contributed by atoms with Gasteiger partial charge in [-0.2, -0.15) is 0 Å². The van der Waals surface area contributed by atoms with Gasteiger partial charge in [-0.05, 0) is 107 Å². The lowest BCUT2D eigenvalue weighted by Gasteiger charge is -2.40. The minimum Gasteiger partial charge on any atom is -0.423 e. The summed E-state index contributed by atoms with van der Waals surface area (Å²) in [5.74, 6) is -0.588. The minimum atomic E-state index is -1.22. The second-order valence-corrected chi connectivity index (χ2v) is 15.6. The van der Waals surface area contributed by atoms with Crippen molar-refractivity contribution in [1.29, 1.82) is 0 Å². The van der Waals surface area contributed by atoms with Crippen LogP contribution in [0.4, 0.5) is 0 Å². The van der Waals surface area contributed by atoms with E-state index in [4.69, 9.17) is 14.0 Å². The lowest BCUT2D eigenvalue weighted by molar-refractivity contribution is 0.00578. The number of nitrogens with one attached hydrogen (secondary N) is 1. The average molecular weight is 634 g/mol. The van der Waals surface area contributed by atoms with Gasteiger partial charge in [0.1, 0.15) is 0 Å². The molecule has 0 spiro atoms. The number of nitrogens with zero attached hydrogens (tertiary/aromatic N) is 1. The van der Waals surface area contributed by atoms with Crippen LogP contribution in [0, 0.1) is 25.2 Å². The fraction of sp³-hybridized carbons (Fsp3) is 0.611. The average Bonchev–Trinajstić information content (AvgIpc) is 3.15. The van der Waals surface area contributed by atoms with E-state index in [1.165, 1.54) is 5.01 Å². The van der Waals surface area contributed by atoms with Gasteiger partial charge < -0.3 is 19.0 Å². The zero-order chi connectivity index (χ0) is 35.0. The summed E-state index contributed by atoms with van der Waals surface area (Å²) in [5, 5.41) is 12.6. The summed E-state index contributed by atoms with van der Waals surface area (Å²) in [6.45, 7) is 27.9. The fourth-order valence-corrected chi connectivity index (χ4v) is 5.56. The maximum Gasteiger partial charge on any atom is 0.495 e. The quantitative estimate of drug-likeness (QED) is 0.256. The van der Waals surface area contributed by atoms with Crippen LogP contribution in [0.5, 0.6) is 0 Å². The number of hydrazine groups is 1. The molecule has 2 amide bonds. The number of carbonyl (C=O) groups is 2. The summed E-state index contributed by atoms with van der Waals surface area (Å²) in [6, 6.07) is 10.4. The van der Waals surface area contributed by atoms with Crippen molar-refractivity contribution in [2.24, 2.45) is 11.3 Å². The smallest absolute Gasteiger partial charge is 0.423 e. The third-order valence-corrected chi connectivity index (χ3v) is 10.1. The summed E-state index contributed by atoms with van der Waals surface area (Å²) >= 11 is 0. The van der Waals surface area contributed by atoms with E-state index in [0.717, 1.165) is 17.4 Å². The Hall–Kier alpha value is -2.65. The van der Waals surface area contributed by atoms with Crippen molar-refractivity contribution in [3.8, 4) is 0 Å². The van der Waals surface area contributed by atoms with Crippen LogP contribution in [-0.4, -0.2) is 58.9 Å². The lowest BCUT2D eigenvalue weighted by atomic mass is 9.74. The Labute approximate surface area is 278 Å². The Morgan fingerprint density at radius 1 is 0.957 bits per heavy atom. The third kappa shape index (κ3) is 7.89. The van der Waals surface area contributed by atoms with E-state index in [-0.39, 0.29) is 23.3 Å². The molecule has 46 heavy (non-hydrogen) atoms. The zero-order valence-electron chi connectivity index (χ0n) is 30.6. The predicted octanol–water partition coefficient (Wildman–Crippen LogP) is 5.74. The number of amides is 2. The third-order valence-electron chi connectivity index (χ3n) is 10.1. The molecule has 1 fully saturated rings. The van der Waals surface area contributed by atoms with Crippen molar-refractivity contribution >= 4 is 37.0 Å². The maximum absolute atomic E-state index is 14.6. The van der Waals surface area contributed by atoms with Crippen LogP contribution in [0.1, 0.15) is 128 Å². The summed E-state index contributed by atoms with van der Waals surface area (Å²) in [6.07, 6.45) is 1.50. The molecule has 2 aromatic carbocycles. The minimum absolute atomic E-state index is 0.160. The molecular weight excluding hydrogens is 578 g/mol. The molecule has 0 bridgehead atoms. The molecule has 252 valence electrons. The van der Waals surface area contributed by atoms with Crippen LogP contribution in [0.3, 0.4) is 0 Å². The van der Waals surface area contributed by atoms with Gasteiger partial charge in [-0.1, -0.05) is 72.2 Å². The highest BCUT2D eigenvalue weighted by molar-refractivity contribution is 6.63. The van der Waals surface area contributed by atoms with E-state index in [9.17, 15) is 14.6 Å². The van der Waals surface area contributed by atoms with Crippen LogP contribution in [0.25, 0.3) is 0 Å². The Morgan fingerprint density at radius 3 is 2.02 bits per heavy atom. The highest BCUT2D eigenvalue weighted by Crippen LogP contribution is 2.37. The first kappa shape index (κ1) is 37.8. The van der Waals surface area contributed by atoms with Gasteiger partial charge in [0, 0.05) is 11.1 Å². The molecule has 10 heteroatoms. The SMILES string of the molecule is CCCC(N(NC(=O)c1cccc(B(O)OC(C)(C)C(C)C)c1C)C(=O)c1cccc(B2OC(C)(C)C(C)(C)O2)c1C)C(C)(C)C. The number of rotatable bonds is 10. The highest BCUT2D eigenvalue weighted by Gasteiger charge is 2.52. The molecule has 0 aliphatic carbocycles. The number of benzene rings is 2. The Kier molecular flexibility index (Phi) is 11.4. The van der Waals surface area contributed by atoms with Gasteiger partial charge in [0.15, 0.2) is 0 Å². The van der Waals surface area contributed by atoms with Crippen LogP contribution in [0.2, 0.25) is 0 Å². The molecule has 2 N–H and O–H groups in total. The topological polar surface area (TPSA) is 97.3 Å². The summed E-state index contributed by atoms with van der Waals surface area (Å²) < 4.78 is 18.7. The number of hydrogen-bond donors (Lipinski definition) is 2. The van der Waals surface area contributed by atoms with Crippen molar-refractivity contribution in [2.45, 2.75) is 133 Å². The first-order valence-corrected chi connectivity index (χ1v) is 16.6. The van der Waals surface area contributed by atoms with E-state index < -0.39 is 36.9 Å².